The number of rotatable bonds is 2. The van der Waals surface area contributed by atoms with Crippen LogP contribution in [0.1, 0.15) is 27.8 Å². The summed E-state index contributed by atoms with van der Waals surface area (Å²) in [4.78, 5) is 0. The molecule has 0 unspecified atom stereocenters. The van der Waals surface area contributed by atoms with Gasteiger partial charge in [-0.15, -0.1) is 0 Å². The Balaban J connectivity index is 1.44. The summed E-state index contributed by atoms with van der Waals surface area (Å²) in [5.74, 6) is 0. The maximum absolute atomic E-state index is 2.73. The van der Waals surface area contributed by atoms with Crippen molar-refractivity contribution in [2.45, 2.75) is 34.6 Å². The van der Waals surface area contributed by atoms with Crippen molar-refractivity contribution in [2.75, 3.05) is 0 Å². The van der Waals surface area contributed by atoms with Crippen molar-refractivity contribution in [3.8, 4) is 5.69 Å². The zero-order valence-corrected chi connectivity index (χ0v) is 31.0. The lowest BCUT2D eigenvalue weighted by Crippen LogP contribution is -2.64. The van der Waals surface area contributed by atoms with Crippen LogP contribution < -0.4 is 32.8 Å². The van der Waals surface area contributed by atoms with Crippen LogP contribution in [0.25, 0.3) is 71.4 Å². The van der Waals surface area contributed by atoms with Crippen LogP contribution >= 0.6 is 0 Å². The monoisotopic (exact) mass is 687 g/mol. The summed E-state index contributed by atoms with van der Waals surface area (Å²) < 4.78 is 8.06. The van der Waals surface area contributed by atoms with Crippen LogP contribution in [0.15, 0.2) is 121 Å². The summed E-state index contributed by atoms with van der Waals surface area (Å²) in [5, 5.41) is 7.94. The molecule has 0 amide bonds. The van der Waals surface area contributed by atoms with Gasteiger partial charge in [0.15, 0.2) is 0 Å². The molecule has 0 bridgehead atoms. The number of fused-ring (bicyclic) bond motifs is 6. The van der Waals surface area contributed by atoms with Gasteiger partial charge in [-0.1, -0.05) is 148 Å². The van der Waals surface area contributed by atoms with E-state index in [0.29, 0.717) is 0 Å². The van der Waals surface area contributed by atoms with Gasteiger partial charge in [-0.2, -0.15) is 0 Å². The molecule has 7 aromatic carbocycles. The zero-order chi connectivity index (χ0) is 35.9. The van der Waals surface area contributed by atoms with Crippen LogP contribution in [0.5, 0.6) is 0 Å². The molecule has 0 N–H and O–H groups in total. The van der Waals surface area contributed by atoms with Crippen molar-refractivity contribution in [2.24, 2.45) is 0 Å². The van der Waals surface area contributed by atoms with Gasteiger partial charge in [-0.05, 0) is 90.1 Å². The number of para-hydroxylation sites is 2. The molecule has 0 saturated carbocycles. The maximum atomic E-state index is 2.73. The van der Waals surface area contributed by atoms with E-state index in [1.54, 1.807) is 0 Å². The first-order valence-electron chi connectivity index (χ1n) is 19.4. The second-order valence-corrected chi connectivity index (χ2v) is 16.3. The zero-order valence-electron chi connectivity index (χ0n) is 31.0. The third-order valence-electron chi connectivity index (χ3n) is 13.5. The van der Waals surface area contributed by atoms with Crippen molar-refractivity contribution in [1.29, 1.82) is 0 Å². The Morgan fingerprint density at radius 3 is 1.69 bits per heavy atom. The summed E-state index contributed by atoms with van der Waals surface area (Å²) in [6.45, 7) is 11.7. The fraction of sp³-hybridized carbons (Fsp3) is 0.102. The van der Waals surface area contributed by atoms with Crippen LogP contribution in [0, 0.1) is 34.6 Å². The van der Waals surface area contributed by atoms with Crippen molar-refractivity contribution in [1.82, 2.24) is 13.4 Å². The van der Waals surface area contributed by atoms with Crippen LogP contribution in [0.2, 0.25) is 0 Å². The number of aryl methyl sites for hydroxylation is 5. The van der Waals surface area contributed by atoms with Gasteiger partial charge in [0, 0.05) is 16.5 Å². The lowest BCUT2D eigenvalue weighted by molar-refractivity contribution is 1.09. The van der Waals surface area contributed by atoms with E-state index >= 15 is 0 Å². The van der Waals surface area contributed by atoms with Gasteiger partial charge in [-0.25, -0.2) is 0 Å². The average molecular weight is 687 g/mol. The highest BCUT2D eigenvalue weighted by Gasteiger charge is 2.45. The molecule has 2 aliphatic rings. The number of pyridine rings is 1. The molecule has 0 atom stereocenters. The number of nitrogens with zero attached hydrogens (tertiary/aromatic N) is 3. The molecule has 4 aromatic heterocycles. The molecular formula is C49H35B2N3. The third kappa shape index (κ3) is 3.19. The predicted octanol–water partition coefficient (Wildman–Crippen LogP) is 7.39. The van der Waals surface area contributed by atoms with E-state index in [0.717, 1.165) is 0 Å². The lowest BCUT2D eigenvalue weighted by Gasteiger charge is -2.35. The van der Waals surface area contributed by atoms with E-state index in [-0.39, 0.29) is 13.4 Å². The van der Waals surface area contributed by atoms with Crippen molar-refractivity contribution in [3.63, 3.8) is 0 Å². The Hall–Kier alpha value is -6.19. The van der Waals surface area contributed by atoms with Crippen molar-refractivity contribution < 1.29 is 0 Å². The fourth-order valence-corrected chi connectivity index (χ4v) is 11.6. The van der Waals surface area contributed by atoms with E-state index in [9.17, 15) is 0 Å². The molecule has 0 aliphatic carbocycles. The molecule has 13 rings (SSSR count). The summed E-state index contributed by atoms with van der Waals surface area (Å²) in [5.41, 5.74) is 24.3. The first-order chi connectivity index (χ1) is 26.4. The molecule has 0 saturated heterocycles. The molecule has 3 nitrogen and oxygen atoms in total. The Kier molecular flexibility index (Phi) is 5.24. The third-order valence-corrected chi connectivity index (χ3v) is 13.5. The highest BCUT2D eigenvalue weighted by atomic mass is 15.2. The topological polar surface area (TPSA) is 13.8 Å². The molecule has 252 valence electrons. The van der Waals surface area contributed by atoms with E-state index < -0.39 is 0 Å². The molecule has 2 aliphatic heterocycles. The van der Waals surface area contributed by atoms with Gasteiger partial charge < -0.3 is 0 Å². The van der Waals surface area contributed by atoms with E-state index in [4.69, 9.17) is 0 Å². The van der Waals surface area contributed by atoms with Crippen molar-refractivity contribution >= 4 is 112 Å². The first kappa shape index (κ1) is 29.3. The number of benzene rings is 7. The van der Waals surface area contributed by atoms with Crippen molar-refractivity contribution in [3.05, 3.63) is 149 Å². The van der Waals surface area contributed by atoms with E-state index in [1.807, 2.05) is 0 Å². The molecule has 11 aromatic rings. The van der Waals surface area contributed by atoms with Crippen LogP contribution in [0.4, 0.5) is 0 Å². The Morgan fingerprint density at radius 2 is 0.981 bits per heavy atom. The highest BCUT2D eigenvalue weighted by molar-refractivity contribution is 7.03. The summed E-state index contributed by atoms with van der Waals surface area (Å²) in [6.07, 6.45) is 0. The largest absolute Gasteiger partial charge is 0.294 e. The Labute approximate surface area is 313 Å². The Morgan fingerprint density at radius 1 is 0.426 bits per heavy atom. The highest BCUT2D eigenvalue weighted by Crippen LogP contribution is 2.42. The van der Waals surface area contributed by atoms with Crippen LogP contribution in [-0.4, -0.2) is 26.8 Å². The summed E-state index contributed by atoms with van der Waals surface area (Å²) >= 11 is 0. The number of hydrogen-bond acceptors (Lipinski definition) is 0. The lowest BCUT2D eigenvalue weighted by atomic mass is 9.30. The second kappa shape index (κ2) is 9.67. The van der Waals surface area contributed by atoms with Gasteiger partial charge in [0.1, 0.15) is 11.3 Å². The molecule has 54 heavy (non-hydrogen) atoms. The fourth-order valence-electron chi connectivity index (χ4n) is 11.6. The quantitative estimate of drug-likeness (QED) is 0.102. The summed E-state index contributed by atoms with van der Waals surface area (Å²) in [6, 6.07) is 46.7. The first-order valence-corrected chi connectivity index (χ1v) is 19.4. The van der Waals surface area contributed by atoms with Gasteiger partial charge >= 0.3 is 0 Å². The SMILES string of the molecule is Cc1cc2c3c(c1)B(c1c(C)cccc1C)c1c4cccc5c6cccc7ccc8c(c76)n(c45)c1n-3c1c(c3ccccc3n81)B2c1c(C)cccc1C. The average Bonchev–Trinajstić information content (AvgIpc) is 3.64. The van der Waals surface area contributed by atoms with Crippen LogP contribution in [0.3, 0.4) is 0 Å². The van der Waals surface area contributed by atoms with Gasteiger partial charge in [0.25, 0.3) is 0 Å². The molecule has 0 spiro atoms. The smallest absolute Gasteiger partial charge is 0.250 e. The number of aromatic nitrogens is 3. The molecule has 5 heteroatoms. The molecule has 0 radical (unpaired) electrons. The molecule has 0 fully saturated rings. The summed E-state index contributed by atoms with van der Waals surface area (Å²) in [7, 11) is 0. The molecular weight excluding hydrogens is 652 g/mol. The Bertz CT molecular complexity index is 3480. The second-order valence-electron chi connectivity index (χ2n) is 16.3. The maximum Gasteiger partial charge on any atom is 0.250 e. The minimum Gasteiger partial charge on any atom is -0.294 e. The van der Waals surface area contributed by atoms with Gasteiger partial charge in [0.2, 0.25) is 13.4 Å². The van der Waals surface area contributed by atoms with E-state index in [2.05, 4.69) is 169 Å². The number of hydrogen-bond donors (Lipinski definition) is 0. The van der Waals surface area contributed by atoms with Gasteiger partial charge in [-0.3, -0.25) is 13.4 Å². The minimum absolute atomic E-state index is 0.0602. The standard InChI is InChI=1S/C49H35B2N3/c1-26-24-36-46-37(25-26)51(42-29(4)14-9-15-30(42)5)44-35-20-11-19-33-32-18-10-16-31-22-23-39-47(40(31)32)53(45(33)35)49(44)54(46)48-43(34-17-6-7-21-38(34)52(39)48)50(36)41-27(2)12-8-13-28(41)3/h6-25H,1-5H3. The minimum atomic E-state index is 0.0602. The predicted molar refractivity (Wildman–Crippen MR) is 232 cm³/mol. The van der Waals surface area contributed by atoms with Gasteiger partial charge in [0.05, 0.1) is 22.1 Å². The normalized spacial score (nSPS) is 13.6. The molecule has 6 heterocycles. The van der Waals surface area contributed by atoms with E-state index in [1.165, 1.54) is 132 Å². The van der Waals surface area contributed by atoms with Crippen LogP contribution in [-0.2, 0) is 0 Å².